The lowest BCUT2D eigenvalue weighted by Crippen LogP contribution is -2.36. The lowest BCUT2D eigenvalue weighted by molar-refractivity contribution is 0.140. The zero-order valence-electron chi connectivity index (χ0n) is 8.98. The molecule has 88 valence electrons. The van der Waals surface area contributed by atoms with Crippen molar-refractivity contribution >= 4 is 17.2 Å². The van der Waals surface area contributed by atoms with Gasteiger partial charge < -0.3 is 15.9 Å². The largest absolute Gasteiger partial charge is 0.395 e. The van der Waals surface area contributed by atoms with Crippen LogP contribution in [-0.4, -0.2) is 52.9 Å². The fourth-order valence-corrected chi connectivity index (χ4v) is 2.27. The van der Waals surface area contributed by atoms with Crippen molar-refractivity contribution in [2.45, 2.75) is 19.3 Å². The van der Waals surface area contributed by atoms with Gasteiger partial charge in [-0.25, -0.2) is 0 Å². The molecule has 4 nitrogen and oxygen atoms in total. The van der Waals surface area contributed by atoms with Crippen molar-refractivity contribution in [3.05, 3.63) is 0 Å². The van der Waals surface area contributed by atoms with Gasteiger partial charge in [0.2, 0.25) is 0 Å². The van der Waals surface area contributed by atoms with Crippen molar-refractivity contribution in [1.82, 2.24) is 4.90 Å². The topological polar surface area (TPSA) is 69.7 Å². The molecule has 0 amide bonds. The smallest absolute Gasteiger partial charge is 0.0733 e. The molecule has 0 heterocycles. The van der Waals surface area contributed by atoms with E-state index in [4.69, 9.17) is 28.2 Å². The Morgan fingerprint density at radius 2 is 1.80 bits per heavy atom. The monoisotopic (exact) mass is 232 g/mol. The van der Waals surface area contributed by atoms with Crippen LogP contribution in [-0.2, 0) is 0 Å². The number of aliphatic hydroxyl groups is 2. The lowest BCUT2D eigenvalue weighted by atomic mass is 10.0. The Kier molecular flexibility index (Phi) is 4.92. The molecule has 0 radical (unpaired) electrons. The van der Waals surface area contributed by atoms with Gasteiger partial charge in [-0.3, -0.25) is 4.90 Å². The van der Waals surface area contributed by atoms with Crippen LogP contribution in [0.3, 0.4) is 0 Å². The van der Waals surface area contributed by atoms with E-state index >= 15 is 0 Å². The summed E-state index contributed by atoms with van der Waals surface area (Å²) in [5.41, 5.74) is 5.79. The fraction of sp³-hybridized carbons (Fsp3) is 0.900. The van der Waals surface area contributed by atoms with Gasteiger partial charge >= 0.3 is 0 Å². The molecule has 15 heavy (non-hydrogen) atoms. The first-order valence-corrected chi connectivity index (χ1v) is 5.75. The first kappa shape index (κ1) is 12.8. The highest BCUT2D eigenvalue weighted by atomic mass is 32.1. The average Bonchev–Trinajstić information content (AvgIpc) is 2.84. The van der Waals surface area contributed by atoms with E-state index in [0.29, 0.717) is 18.1 Å². The summed E-state index contributed by atoms with van der Waals surface area (Å²) < 4.78 is 0. The van der Waals surface area contributed by atoms with E-state index in [1.807, 2.05) is 0 Å². The van der Waals surface area contributed by atoms with Gasteiger partial charge in [-0.05, 0) is 18.3 Å². The van der Waals surface area contributed by atoms with Gasteiger partial charge in [0.1, 0.15) is 0 Å². The van der Waals surface area contributed by atoms with Crippen molar-refractivity contribution in [1.29, 1.82) is 0 Å². The molecule has 0 saturated heterocycles. The van der Waals surface area contributed by atoms with E-state index in [-0.39, 0.29) is 18.6 Å². The van der Waals surface area contributed by atoms with Gasteiger partial charge in [-0.15, -0.1) is 0 Å². The molecule has 0 unspecified atom stereocenters. The van der Waals surface area contributed by atoms with Crippen molar-refractivity contribution < 1.29 is 10.2 Å². The summed E-state index contributed by atoms with van der Waals surface area (Å²) in [6, 6.07) is 0. The minimum absolute atomic E-state index is 0.128. The summed E-state index contributed by atoms with van der Waals surface area (Å²) in [6.45, 7) is 2.36. The molecule has 0 aromatic rings. The molecule has 0 spiro atoms. The van der Waals surface area contributed by atoms with Crippen molar-refractivity contribution in [2.24, 2.45) is 11.1 Å². The van der Waals surface area contributed by atoms with Crippen molar-refractivity contribution in [2.75, 3.05) is 32.8 Å². The maximum atomic E-state index is 8.89. The van der Waals surface area contributed by atoms with Crippen LogP contribution in [0.2, 0.25) is 0 Å². The molecular formula is C10H20N2O2S. The highest BCUT2D eigenvalue weighted by molar-refractivity contribution is 7.80. The Hall–Kier alpha value is -0.230. The second-order valence-corrected chi connectivity index (χ2v) is 4.89. The van der Waals surface area contributed by atoms with E-state index in [0.717, 1.165) is 25.8 Å². The van der Waals surface area contributed by atoms with E-state index < -0.39 is 0 Å². The van der Waals surface area contributed by atoms with Crippen molar-refractivity contribution in [3.63, 3.8) is 0 Å². The normalized spacial score (nSPS) is 18.1. The third-order valence-electron chi connectivity index (χ3n) is 2.90. The molecule has 1 saturated carbocycles. The van der Waals surface area contributed by atoms with Gasteiger partial charge in [0, 0.05) is 26.1 Å². The van der Waals surface area contributed by atoms with E-state index in [9.17, 15) is 0 Å². The molecular weight excluding hydrogens is 212 g/mol. The fourth-order valence-electron chi connectivity index (χ4n) is 1.96. The molecule has 1 rings (SSSR count). The van der Waals surface area contributed by atoms with Crippen LogP contribution < -0.4 is 5.73 Å². The second-order valence-electron chi connectivity index (χ2n) is 4.37. The minimum atomic E-state index is 0.128. The van der Waals surface area contributed by atoms with Gasteiger partial charge in [0.05, 0.1) is 18.2 Å². The van der Waals surface area contributed by atoms with Crippen LogP contribution in [0.5, 0.6) is 0 Å². The maximum absolute atomic E-state index is 8.89. The molecule has 1 fully saturated rings. The molecule has 0 aliphatic heterocycles. The third kappa shape index (κ3) is 4.42. The Morgan fingerprint density at radius 3 is 2.13 bits per heavy atom. The van der Waals surface area contributed by atoms with Gasteiger partial charge in [0.15, 0.2) is 0 Å². The summed E-state index contributed by atoms with van der Waals surface area (Å²) in [6.07, 6.45) is 3.09. The van der Waals surface area contributed by atoms with Crippen LogP contribution in [0, 0.1) is 5.41 Å². The summed E-state index contributed by atoms with van der Waals surface area (Å²) in [4.78, 5) is 2.64. The maximum Gasteiger partial charge on any atom is 0.0733 e. The van der Waals surface area contributed by atoms with Crippen LogP contribution in [0.1, 0.15) is 19.3 Å². The zero-order chi connectivity index (χ0) is 11.3. The molecule has 0 bridgehead atoms. The summed E-state index contributed by atoms with van der Waals surface area (Å²) >= 11 is 4.93. The lowest BCUT2D eigenvalue weighted by Gasteiger charge is -2.25. The molecule has 1 aliphatic carbocycles. The number of nitrogens with two attached hydrogens (primary N) is 1. The minimum Gasteiger partial charge on any atom is -0.395 e. The number of thiocarbonyl (C=S) groups is 1. The molecule has 0 atom stereocenters. The van der Waals surface area contributed by atoms with E-state index in [1.165, 1.54) is 0 Å². The van der Waals surface area contributed by atoms with Crippen molar-refractivity contribution in [3.8, 4) is 0 Å². The predicted molar refractivity (Wildman–Crippen MR) is 63.7 cm³/mol. The summed E-state index contributed by atoms with van der Waals surface area (Å²) in [5.74, 6) is 0. The highest BCUT2D eigenvalue weighted by Crippen LogP contribution is 2.49. The Labute approximate surface area is 96.1 Å². The standard InChI is InChI=1S/C10H20N2O2S/c11-9(15)7-10(1-2-10)8-12(3-5-13)4-6-14/h13-14H,1-8H2,(H2,11,15). The zero-order valence-corrected chi connectivity index (χ0v) is 9.80. The van der Waals surface area contributed by atoms with Gasteiger partial charge in [-0.2, -0.15) is 0 Å². The van der Waals surface area contributed by atoms with Gasteiger partial charge in [0.25, 0.3) is 0 Å². The molecule has 0 aromatic carbocycles. The molecule has 0 aromatic heterocycles. The number of rotatable bonds is 8. The van der Waals surface area contributed by atoms with Crippen LogP contribution in [0.25, 0.3) is 0 Å². The average molecular weight is 232 g/mol. The van der Waals surface area contributed by atoms with Crippen LogP contribution in [0.15, 0.2) is 0 Å². The number of nitrogens with zero attached hydrogens (tertiary/aromatic N) is 1. The number of hydrogen-bond donors (Lipinski definition) is 3. The Balaban J connectivity index is 2.39. The number of aliphatic hydroxyl groups excluding tert-OH is 2. The van der Waals surface area contributed by atoms with E-state index in [2.05, 4.69) is 4.90 Å². The first-order chi connectivity index (χ1) is 7.12. The Morgan fingerprint density at radius 1 is 1.27 bits per heavy atom. The van der Waals surface area contributed by atoms with Crippen LogP contribution >= 0.6 is 12.2 Å². The molecule has 4 N–H and O–H groups in total. The van der Waals surface area contributed by atoms with Crippen LogP contribution in [0.4, 0.5) is 0 Å². The first-order valence-electron chi connectivity index (χ1n) is 5.34. The molecule has 1 aliphatic rings. The van der Waals surface area contributed by atoms with Gasteiger partial charge in [-0.1, -0.05) is 12.2 Å². The quantitative estimate of drug-likeness (QED) is 0.503. The second kappa shape index (κ2) is 5.75. The molecule has 5 heteroatoms. The third-order valence-corrected chi connectivity index (χ3v) is 3.04. The Bertz CT molecular complexity index is 213. The summed E-state index contributed by atoms with van der Waals surface area (Å²) in [5, 5.41) is 17.8. The summed E-state index contributed by atoms with van der Waals surface area (Å²) in [7, 11) is 0. The highest BCUT2D eigenvalue weighted by Gasteiger charge is 2.43. The SMILES string of the molecule is NC(=S)CC1(CN(CCO)CCO)CC1. The predicted octanol–water partition coefficient (Wildman–Crippen LogP) is -0.271. The number of hydrogen-bond acceptors (Lipinski definition) is 4. The van der Waals surface area contributed by atoms with E-state index in [1.54, 1.807) is 0 Å².